The van der Waals surface area contributed by atoms with Gasteiger partial charge in [-0.3, -0.25) is 9.59 Å². The molecular weight excluding hydrogens is 266 g/mol. The third-order valence-corrected chi connectivity index (χ3v) is 3.72. The Morgan fingerprint density at radius 1 is 1.14 bits per heavy atom. The molecule has 116 valence electrons. The lowest BCUT2D eigenvalue weighted by Crippen LogP contribution is -2.32. The summed E-state index contributed by atoms with van der Waals surface area (Å²) in [6, 6.07) is 8.28. The van der Waals surface area contributed by atoms with Crippen LogP contribution in [0.2, 0.25) is 0 Å². The molecule has 1 rings (SSSR count). The molecule has 0 atom stereocenters. The Labute approximate surface area is 126 Å². The lowest BCUT2D eigenvalue weighted by atomic mass is 9.90. The van der Waals surface area contributed by atoms with Crippen molar-refractivity contribution in [2.24, 2.45) is 5.41 Å². The molecule has 0 saturated carbocycles. The van der Waals surface area contributed by atoms with E-state index in [1.807, 2.05) is 0 Å². The minimum absolute atomic E-state index is 0.0317. The molecule has 0 spiro atoms. The predicted molar refractivity (Wildman–Crippen MR) is 83.2 cm³/mol. The molecule has 0 aliphatic carbocycles. The van der Waals surface area contributed by atoms with Gasteiger partial charge in [-0.05, 0) is 44.2 Å². The highest BCUT2D eigenvalue weighted by atomic mass is 16.4. The lowest BCUT2D eigenvalue weighted by molar-refractivity contribution is -0.147. The van der Waals surface area contributed by atoms with Crippen LogP contribution < -0.4 is 5.32 Å². The first-order valence-electron chi connectivity index (χ1n) is 7.43. The zero-order valence-electron chi connectivity index (χ0n) is 13.1. The van der Waals surface area contributed by atoms with E-state index in [4.69, 9.17) is 5.11 Å². The van der Waals surface area contributed by atoms with E-state index in [1.54, 1.807) is 13.8 Å². The molecule has 0 heterocycles. The molecule has 0 radical (unpaired) electrons. The fraction of sp³-hybridized carbons (Fsp3) is 0.529. The standard InChI is InChI=1S/C17H25NO3/c1-4-13-5-7-14(8-6-13)9-10-15(19)18-12-11-17(2,3)16(20)21/h5-8H,4,9-12H2,1-3H3,(H,18,19)(H,20,21). The van der Waals surface area contributed by atoms with E-state index in [0.29, 0.717) is 25.8 Å². The Hall–Kier alpha value is -1.84. The average molecular weight is 291 g/mol. The summed E-state index contributed by atoms with van der Waals surface area (Å²) in [4.78, 5) is 22.7. The molecular formula is C17H25NO3. The monoisotopic (exact) mass is 291 g/mol. The highest BCUT2D eigenvalue weighted by Crippen LogP contribution is 2.19. The Morgan fingerprint density at radius 2 is 1.71 bits per heavy atom. The summed E-state index contributed by atoms with van der Waals surface area (Å²) in [5.74, 6) is -0.872. The van der Waals surface area contributed by atoms with Gasteiger partial charge in [-0.15, -0.1) is 0 Å². The van der Waals surface area contributed by atoms with E-state index in [2.05, 4.69) is 36.5 Å². The maximum Gasteiger partial charge on any atom is 0.309 e. The Balaban J connectivity index is 2.29. The predicted octanol–water partition coefficient (Wildman–Crippen LogP) is 2.80. The van der Waals surface area contributed by atoms with E-state index < -0.39 is 11.4 Å². The number of hydrogen-bond acceptors (Lipinski definition) is 2. The average Bonchev–Trinajstić information content (AvgIpc) is 2.45. The molecule has 1 aromatic carbocycles. The number of rotatable bonds is 8. The van der Waals surface area contributed by atoms with Crippen molar-refractivity contribution in [3.63, 3.8) is 0 Å². The number of carboxylic acids is 1. The van der Waals surface area contributed by atoms with Crippen LogP contribution in [0.5, 0.6) is 0 Å². The second-order valence-electron chi connectivity index (χ2n) is 5.96. The molecule has 4 heteroatoms. The molecule has 0 bridgehead atoms. The van der Waals surface area contributed by atoms with Gasteiger partial charge < -0.3 is 10.4 Å². The number of aryl methyl sites for hydroxylation is 2. The number of benzene rings is 1. The highest BCUT2D eigenvalue weighted by Gasteiger charge is 2.26. The van der Waals surface area contributed by atoms with Crippen molar-refractivity contribution < 1.29 is 14.7 Å². The van der Waals surface area contributed by atoms with E-state index in [-0.39, 0.29) is 5.91 Å². The molecule has 0 aliphatic heterocycles. The molecule has 1 amide bonds. The van der Waals surface area contributed by atoms with E-state index >= 15 is 0 Å². The fourth-order valence-electron chi connectivity index (χ4n) is 1.91. The summed E-state index contributed by atoms with van der Waals surface area (Å²) in [6.07, 6.45) is 2.58. The number of carbonyl (C=O) groups is 2. The van der Waals surface area contributed by atoms with E-state index in [9.17, 15) is 9.59 Å². The Morgan fingerprint density at radius 3 is 2.24 bits per heavy atom. The highest BCUT2D eigenvalue weighted by molar-refractivity contribution is 5.76. The van der Waals surface area contributed by atoms with Crippen LogP contribution in [0.15, 0.2) is 24.3 Å². The van der Waals surface area contributed by atoms with Gasteiger partial charge in [0.1, 0.15) is 0 Å². The lowest BCUT2D eigenvalue weighted by Gasteiger charge is -2.18. The second-order valence-corrected chi connectivity index (χ2v) is 5.96. The van der Waals surface area contributed by atoms with E-state index in [0.717, 1.165) is 12.0 Å². The summed E-state index contributed by atoms with van der Waals surface area (Å²) in [7, 11) is 0. The fourth-order valence-corrected chi connectivity index (χ4v) is 1.91. The number of carboxylic acid groups (broad SMARTS) is 1. The van der Waals surface area contributed by atoms with E-state index in [1.165, 1.54) is 5.56 Å². The summed E-state index contributed by atoms with van der Waals surface area (Å²) in [5, 5.41) is 11.8. The number of hydrogen-bond donors (Lipinski definition) is 2. The largest absolute Gasteiger partial charge is 0.481 e. The minimum Gasteiger partial charge on any atom is -0.481 e. The van der Waals surface area contributed by atoms with Gasteiger partial charge in [0.15, 0.2) is 0 Å². The quantitative estimate of drug-likeness (QED) is 0.774. The Kier molecular flexibility index (Phi) is 6.40. The molecule has 0 fully saturated rings. The Bertz CT molecular complexity index is 477. The first kappa shape index (κ1) is 17.2. The van der Waals surface area contributed by atoms with Gasteiger partial charge >= 0.3 is 5.97 Å². The van der Waals surface area contributed by atoms with Crippen LogP contribution in [0.3, 0.4) is 0 Å². The molecule has 2 N–H and O–H groups in total. The third-order valence-electron chi connectivity index (χ3n) is 3.72. The van der Waals surface area contributed by atoms with Crippen LogP contribution in [0.25, 0.3) is 0 Å². The SMILES string of the molecule is CCc1ccc(CCC(=O)NCCC(C)(C)C(=O)O)cc1. The normalized spacial score (nSPS) is 11.2. The molecule has 0 unspecified atom stereocenters. The maximum absolute atomic E-state index is 11.7. The number of carbonyl (C=O) groups excluding carboxylic acids is 1. The third kappa shape index (κ3) is 5.98. The van der Waals surface area contributed by atoms with Crippen LogP contribution in [0.4, 0.5) is 0 Å². The van der Waals surface area contributed by atoms with Crippen LogP contribution >= 0.6 is 0 Å². The maximum atomic E-state index is 11.7. The van der Waals surface area contributed by atoms with Gasteiger partial charge in [-0.25, -0.2) is 0 Å². The van der Waals surface area contributed by atoms with Gasteiger partial charge in [-0.1, -0.05) is 31.2 Å². The minimum atomic E-state index is -0.840. The van der Waals surface area contributed by atoms with Crippen molar-refractivity contribution in [3.05, 3.63) is 35.4 Å². The van der Waals surface area contributed by atoms with Crippen LogP contribution in [0.1, 0.15) is 44.7 Å². The topological polar surface area (TPSA) is 66.4 Å². The summed E-state index contributed by atoms with van der Waals surface area (Å²) in [6.45, 7) is 5.83. The van der Waals surface area contributed by atoms with Crippen molar-refractivity contribution in [2.45, 2.75) is 46.5 Å². The second kappa shape index (κ2) is 7.81. The van der Waals surface area contributed by atoms with Crippen molar-refractivity contribution >= 4 is 11.9 Å². The summed E-state index contributed by atoms with van der Waals surface area (Å²) in [5.41, 5.74) is 1.64. The van der Waals surface area contributed by atoms with Gasteiger partial charge in [0.05, 0.1) is 5.41 Å². The number of aliphatic carboxylic acids is 1. The molecule has 1 aromatic rings. The van der Waals surface area contributed by atoms with Crippen molar-refractivity contribution in [1.82, 2.24) is 5.32 Å². The van der Waals surface area contributed by atoms with Crippen molar-refractivity contribution in [2.75, 3.05) is 6.54 Å². The summed E-state index contributed by atoms with van der Waals surface area (Å²) >= 11 is 0. The molecule has 4 nitrogen and oxygen atoms in total. The van der Waals surface area contributed by atoms with Gasteiger partial charge in [-0.2, -0.15) is 0 Å². The smallest absolute Gasteiger partial charge is 0.309 e. The summed E-state index contributed by atoms with van der Waals surface area (Å²) < 4.78 is 0. The molecule has 0 aromatic heterocycles. The zero-order valence-corrected chi connectivity index (χ0v) is 13.1. The van der Waals surface area contributed by atoms with Crippen molar-refractivity contribution in [3.8, 4) is 0 Å². The first-order valence-corrected chi connectivity index (χ1v) is 7.43. The zero-order chi connectivity index (χ0) is 15.9. The van der Waals surface area contributed by atoms with Gasteiger partial charge in [0.25, 0.3) is 0 Å². The first-order chi connectivity index (χ1) is 9.85. The molecule has 0 aliphatic rings. The van der Waals surface area contributed by atoms with Gasteiger partial charge in [0, 0.05) is 13.0 Å². The van der Waals surface area contributed by atoms with Gasteiger partial charge in [0.2, 0.25) is 5.91 Å². The number of nitrogens with one attached hydrogen (secondary N) is 1. The van der Waals surface area contributed by atoms with Crippen LogP contribution in [-0.4, -0.2) is 23.5 Å². The van der Waals surface area contributed by atoms with Crippen LogP contribution in [0, 0.1) is 5.41 Å². The van der Waals surface area contributed by atoms with Crippen LogP contribution in [-0.2, 0) is 22.4 Å². The van der Waals surface area contributed by atoms with Crippen molar-refractivity contribution in [1.29, 1.82) is 0 Å². The molecule has 21 heavy (non-hydrogen) atoms. The number of amides is 1. The molecule has 0 saturated heterocycles.